The molecular formula is C19H21N3O6S. The van der Waals surface area contributed by atoms with Gasteiger partial charge in [-0.1, -0.05) is 6.07 Å². The zero-order valence-corrected chi connectivity index (χ0v) is 16.6. The number of nitrogens with one attached hydrogen (secondary N) is 1. The minimum absolute atomic E-state index is 0.0729. The summed E-state index contributed by atoms with van der Waals surface area (Å²) < 4.78 is 37.5. The fraction of sp³-hybridized carbons (Fsp3) is 0.368. The van der Waals surface area contributed by atoms with Crippen LogP contribution in [0.4, 0.5) is 11.4 Å². The first kappa shape index (κ1) is 19.5. The Morgan fingerprint density at radius 1 is 1.14 bits per heavy atom. The van der Waals surface area contributed by atoms with Crippen LogP contribution in [0.3, 0.4) is 0 Å². The first-order valence-electron chi connectivity index (χ1n) is 9.29. The summed E-state index contributed by atoms with van der Waals surface area (Å²) in [6.45, 7) is 1.63. The van der Waals surface area contributed by atoms with Gasteiger partial charge in [-0.3, -0.25) is 10.1 Å². The fourth-order valence-electron chi connectivity index (χ4n) is 3.85. The Morgan fingerprint density at radius 3 is 2.62 bits per heavy atom. The van der Waals surface area contributed by atoms with E-state index in [4.69, 9.17) is 9.47 Å². The van der Waals surface area contributed by atoms with Crippen molar-refractivity contribution < 1.29 is 22.8 Å². The lowest BCUT2D eigenvalue weighted by Crippen LogP contribution is -2.24. The Balaban J connectivity index is 1.73. The van der Waals surface area contributed by atoms with E-state index in [-0.39, 0.29) is 16.6 Å². The van der Waals surface area contributed by atoms with E-state index < -0.39 is 14.9 Å². The van der Waals surface area contributed by atoms with Crippen LogP contribution < -0.4 is 19.1 Å². The van der Waals surface area contributed by atoms with E-state index in [2.05, 4.69) is 4.72 Å². The van der Waals surface area contributed by atoms with Crippen LogP contribution in [0, 0.1) is 10.1 Å². The third-order valence-electron chi connectivity index (χ3n) is 5.24. The Labute approximate surface area is 168 Å². The summed E-state index contributed by atoms with van der Waals surface area (Å²) >= 11 is 0. The highest BCUT2D eigenvalue weighted by atomic mass is 32.2. The lowest BCUT2D eigenvalue weighted by atomic mass is 10.0. The lowest BCUT2D eigenvalue weighted by molar-refractivity contribution is -0.384. The molecule has 1 fully saturated rings. The molecule has 2 heterocycles. The summed E-state index contributed by atoms with van der Waals surface area (Å²) in [6, 6.07) is 9.67. The highest BCUT2D eigenvalue weighted by Gasteiger charge is 2.32. The molecule has 29 heavy (non-hydrogen) atoms. The SMILES string of the molecule is CNS(=O)(=O)c1ccc(N2CCC[C@H]2c2ccc3c(c2)OCCO3)c([N+](=O)[O-])c1. The van der Waals surface area contributed by atoms with E-state index in [1.807, 2.05) is 23.1 Å². The van der Waals surface area contributed by atoms with Gasteiger partial charge in [-0.2, -0.15) is 0 Å². The Bertz CT molecular complexity index is 1060. The molecule has 2 aliphatic heterocycles. The Hall–Kier alpha value is -2.85. The number of benzene rings is 2. The van der Waals surface area contributed by atoms with Gasteiger partial charge in [0.05, 0.1) is 15.9 Å². The second kappa shape index (κ2) is 7.53. The summed E-state index contributed by atoms with van der Waals surface area (Å²) in [5, 5.41) is 11.7. The summed E-state index contributed by atoms with van der Waals surface area (Å²) in [5.74, 6) is 1.36. The highest BCUT2D eigenvalue weighted by Crippen LogP contribution is 2.43. The fourth-order valence-corrected chi connectivity index (χ4v) is 4.60. The molecule has 2 aliphatic rings. The van der Waals surface area contributed by atoms with Gasteiger partial charge in [0.25, 0.3) is 5.69 Å². The summed E-state index contributed by atoms with van der Waals surface area (Å²) in [6.07, 6.45) is 1.69. The maximum atomic E-state index is 12.1. The van der Waals surface area contributed by atoms with Crippen LogP contribution in [-0.4, -0.2) is 40.1 Å². The molecule has 0 spiro atoms. The van der Waals surface area contributed by atoms with Crippen LogP contribution in [0.5, 0.6) is 11.5 Å². The van der Waals surface area contributed by atoms with Crippen LogP contribution in [0.1, 0.15) is 24.4 Å². The van der Waals surface area contributed by atoms with Crippen molar-refractivity contribution in [1.82, 2.24) is 4.72 Å². The van der Waals surface area contributed by atoms with Crippen molar-refractivity contribution in [2.45, 2.75) is 23.8 Å². The number of fused-ring (bicyclic) bond motifs is 1. The standard InChI is InChI=1S/C19H21N3O6S/c1-20-29(25,26)14-5-6-16(17(12-14)22(23)24)21-8-2-3-15(21)13-4-7-18-19(11-13)28-10-9-27-18/h4-7,11-12,15,20H,2-3,8-10H2,1H3/t15-/m0/s1. The van der Waals surface area contributed by atoms with Crippen molar-refractivity contribution in [3.05, 3.63) is 52.1 Å². The lowest BCUT2D eigenvalue weighted by Gasteiger charge is -2.28. The van der Waals surface area contributed by atoms with Gasteiger partial charge in [-0.25, -0.2) is 13.1 Å². The number of anilines is 1. The number of nitro groups is 1. The van der Waals surface area contributed by atoms with Crippen LogP contribution >= 0.6 is 0 Å². The molecule has 2 aromatic carbocycles. The van der Waals surface area contributed by atoms with Gasteiger partial charge >= 0.3 is 0 Å². The van der Waals surface area contributed by atoms with E-state index in [9.17, 15) is 18.5 Å². The molecule has 9 nitrogen and oxygen atoms in total. The quantitative estimate of drug-likeness (QED) is 0.586. The van der Waals surface area contributed by atoms with Crippen molar-refractivity contribution in [1.29, 1.82) is 0 Å². The normalized spacial score (nSPS) is 18.7. The number of sulfonamides is 1. The molecule has 1 saturated heterocycles. The molecule has 154 valence electrons. The third-order valence-corrected chi connectivity index (χ3v) is 6.65. The first-order valence-corrected chi connectivity index (χ1v) is 10.8. The minimum Gasteiger partial charge on any atom is -0.486 e. The third kappa shape index (κ3) is 3.60. The van der Waals surface area contributed by atoms with Crippen LogP contribution in [-0.2, 0) is 10.0 Å². The highest BCUT2D eigenvalue weighted by molar-refractivity contribution is 7.89. The smallest absolute Gasteiger partial charge is 0.293 e. The number of nitrogens with zero attached hydrogens (tertiary/aromatic N) is 2. The number of ether oxygens (including phenoxy) is 2. The van der Waals surface area contributed by atoms with Crippen molar-refractivity contribution in [3.8, 4) is 11.5 Å². The topological polar surface area (TPSA) is 111 Å². The number of hydrogen-bond acceptors (Lipinski definition) is 7. The predicted molar refractivity (Wildman–Crippen MR) is 106 cm³/mol. The van der Waals surface area contributed by atoms with Crippen LogP contribution in [0.15, 0.2) is 41.3 Å². The molecule has 1 N–H and O–H groups in total. The van der Waals surface area contributed by atoms with Crippen molar-refractivity contribution >= 4 is 21.4 Å². The van der Waals surface area contributed by atoms with E-state index >= 15 is 0 Å². The summed E-state index contributed by atoms with van der Waals surface area (Å²) in [5.41, 5.74) is 1.15. The maximum absolute atomic E-state index is 12.1. The summed E-state index contributed by atoms with van der Waals surface area (Å²) in [4.78, 5) is 13.0. The molecule has 0 saturated carbocycles. The number of hydrogen-bond donors (Lipinski definition) is 1. The largest absolute Gasteiger partial charge is 0.486 e. The molecule has 0 unspecified atom stereocenters. The van der Waals surface area contributed by atoms with Gasteiger partial charge in [0, 0.05) is 12.6 Å². The van der Waals surface area contributed by atoms with E-state index in [1.54, 1.807) is 0 Å². The summed E-state index contributed by atoms with van der Waals surface area (Å²) in [7, 11) is -2.50. The molecular weight excluding hydrogens is 398 g/mol. The van der Waals surface area contributed by atoms with Gasteiger partial charge in [-0.05, 0) is 49.7 Å². The monoisotopic (exact) mass is 419 g/mol. The van der Waals surface area contributed by atoms with Crippen molar-refractivity contribution in [2.24, 2.45) is 0 Å². The molecule has 0 amide bonds. The number of nitro benzene ring substituents is 1. The van der Waals surface area contributed by atoms with Crippen molar-refractivity contribution in [2.75, 3.05) is 31.7 Å². The van der Waals surface area contributed by atoms with Gasteiger partial charge < -0.3 is 14.4 Å². The second-order valence-electron chi connectivity index (χ2n) is 6.87. The molecule has 0 aromatic heterocycles. The second-order valence-corrected chi connectivity index (χ2v) is 8.76. The van der Waals surface area contributed by atoms with Crippen LogP contribution in [0.25, 0.3) is 0 Å². The zero-order chi connectivity index (χ0) is 20.6. The molecule has 0 aliphatic carbocycles. The van der Waals surface area contributed by atoms with Crippen molar-refractivity contribution in [3.63, 3.8) is 0 Å². The average molecular weight is 419 g/mol. The molecule has 0 radical (unpaired) electrons. The van der Waals surface area contributed by atoms with Crippen LogP contribution in [0.2, 0.25) is 0 Å². The maximum Gasteiger partial charge on any atom is 0.293 e. The van der Waals surface area contributed by atoms with Gasteiger partial charge in [0.15, 0.2) is 11.5 Å². The van der Waals surface area contributed by atoms with Gasteiger partial charge in [0.1, 0.15) is 18.9 Å². The Kier molecular flexibility index (Phi) is 5.05. The van der Waals surface area contributed by atoms with E-state index in [0.717, 1.165) is 24.5 Å². The molecule has 2 aromatic rings. The Morgan fingerprint density at radius 2 is 1.90 bits per heavy atom. The van der Waals surface area contributed by atoms with Gasteiger partial charge in [0.2, 0.25) is 10.0 Å². The first-order chi connectivity index (χ1) is 13.9. The van der Waals surface area contributed by atoms with Gasteiger partial charge in [-0.15, -0.1) is 0 Å². The molecule has 1 atom stereocenters. The average Bonchev–Trinajstić information content (AvgIpc) is 3.22. The van der Waals surface area contributed by atoms with E-state index in [0.29, 0.717) is 36.9 Å². The number of rotatable bonds is 5. The zero-order valence-electron chi connectivity index (χ0n) is 15.8. The molecule has 10 heteroatoms. The molecule has 4 rings (SSSR count). The predicted octanol–water partition coefficient (Wildman–Crippen LogP) is 2.62. The van der Waals surface area contributed by atoms with E-state index in [1.165, 1.54) is 19.2 Å². The minimum atomic E-state index is -3.77. The molecule has 0 bridgehead atoms.